The molecule has 1 amide bonds. The molecule has 192 valence electrons. The zero-order valence-corrected chi connectivity index (χ0v) is 21.7. The smallest absolute Gasteiger partial charge is 0.249 e. The van der Waals surface area contributed by atoms with E-state index in [9.17, 15) is 10.0 Å². The molecule has 1 unspecified atom stereocenters. The molecule has 7 nitrogen and oxygen atoms in total. The minimum atomic E-state index is -1.40. The van der Waals surface area contributed by atoms with Crippen molar-refractivity contribution in [1.29, 1.82) is 0 Å². The third-order valence-electron chi connectivity index (χ3n) is 6.98. The first-order valence-electron chi connectivity index (χ1n) is 11.9. The highest BCUT2D eigenvalue weighted by Crippen LogP contribution is 2.42. The summed E-state index contributed by atoms with van der Waals surface area (Å²) < 4.78 is 21.0. The fourth-order valence-electron chi connectivity index (χ4n) is 4.80. The molecule has 0 aliphatic carbocycles. The number of pyridine rings is 2. The third-order valence-corrected chi connectivity index (χ3v) is 8.27. The van der Waals surface area contributed by atoms with Gasteiger partial charge in [-0.3, -0.25) is 20.0 Å². The monoisotopic (exact) mass is 532 g/mol. The van der Waals surface area contributed by atoms with Crippen LogP contribution < -0.4 is 10.2 Å². The van der Waals surface area contributed by atoms with Gasteiger partial charge in [-0.25, -0.2) is 9.87 Å². The van der Waals surface area contributed by atoms with E-state index in [1.54, 1.807) is 49.5 Å². The van der Waals surface area contributed by atoms with Gasteiger partial charge in [0, 0.05) is 46.7 Å². The van der Waals surface area contributed by atoms with E-state index in [4.69, 9.17) is 16.3 Å². The number of carbonyl (C=O) groups is 1. The molecule has 3 aromatic rings. The summed E-state index contributed by atoms with van der Waals surface area (Å²) in [6.07, 6.45) is 5.11. The summed E-state index contributed by atoms with van der Waals surface area (Å²) in [6, 6.07) is 9.24. The zero-order chi connectivity index (χ0) is 25.5. The minimum Gasteiger partial charge on any atom is -0.497 e. The number of thioether (sulfide) groups is 1. The predicted octanol–water partition coefficient (Wildman–Crippen LogP) is 5.46. The van der Waals surface area contributed by atoms with Gasteiger partial charge in [0.2, 0.25) is 5.91 Å². The summed E-state index contributed by atoms with van der Waals surface area (Å²) in [6.45, 7) is 2.30. The first-order valence-corrected chi connectivity index (χ1v) is 13.3. The molecule has 2 aromatic heterocycles. The molecule has 1 aliphatic rings. The van der Waals surface area contributed by atoms with Crippen LogP contribution in [0, 0.1) is 5.41 Å². The summed E-state index contributed by atoms with van der Waals surface area (Å²) in [7, 11) is 1.55. The number of rotatable bonds is 10. The Morgan fingerprint density at radius 2 is 2.06 bits per heavy atom. The van der Waals surface area contributed by atoms with Crippen LogP contribution in [-0.4, -0.2) is 58.5 Å². The lowest BCUT2D eigenvalue weighted by atomic mass is 9.73. The van der Waals surface area contributed by atoms with Crippen LogP contribution in [0.15, 0.2) is 53.8 Å². The second-order valence-corrected chi connectivity index (χ2v) is 10.6. The van der Waals surface area contributed by atoms with Crippen LogP contribution in [0.1, 0.15) is 37.4 Å². The third kappa shape index (κ3) is 6.08. The Labute approximate surface area is 219 Å². The quantitative estimate of drug-likeness (QED) is 0.203. The molecule has 0 bridgehead atoms. The van der Waals surface area contributed by atoms with Gasteiger partial charge < -0.3 is 9.64 Å². The molecule has 1 fully saturated rings. The number of halogens is 2. The van der Waals surface area contributed by atoms with Crippen molar-refractivity contribution in [2.75, 3.05) is 32.5 Å². The Bertz CT molecular complexity index is 1180. The highest BCUT2D eigenvalue weighted by molar-refractivity contribution is 7.99. The van der Waals surface area contributed by atoms with Crippen LogP contribution >= 0.6 is 23.4 Å². The lowest BCUT2D eigenvalue weighted by Gasteiger charge is -2.40. The van der Waals surface area contributed by atoms with Crippen molar-refractivity contribution in [2.45, 2.75) is 36.8 Å². The summed E-state index contributed by atoms with van der Waals surface area (Å²) in [5.41, 5.74) is 1.98. The van der Waals surface area contributed by atoms with E-state index >= 15 is 4.39 Å². The van der Waals surface area contributed by atoms with Crippen LogP contribution in [-0.2, 0) is 4.79 Å². The largest absolute Gasteiger partial charge is 0.497 e. The Kier molecular flexibility index (Phi) is 9.00. The van der Waals surface area contributed by atoms with Crippen LogP contribution in [0.2, 0.25) is 5.02 Å². The molecule has 3 heterocycles. The molecule has 0 radical (unpaired) electrons. The van der Waals surface area contributed by atoms with Crippen molar-refractivity contribution >= 4 is 40.2 Å². The fraction of sp³-hybridized carbons (Fsp3) is 0.423. The number of methoxy groups -OCH3 is 1. The van der Waals surface area contributed by atoms with Crippen molar-refractivity contribution in [3.8, 4) is 5.75 Å². The van der Waals surface area contributed by atoms with Crippen molar-refractivity contribution in [3.63, 3.8) is 0 Å². The van der Waals surface area contributed by atoms with E-state index in [1.165, 1.54) is 11.1 Å². The van der Waals surface area contributed by atoms with Gasteiger partial charge in [0.25, 0.3) is 0 Å². The van der Waals surface area contributed by atoms with Gasteiger partial charge in [-0.1, -0.05) is 11.6 Å². The fourth-order valence-corrected chi connectivity index (χ4v) is 5.97. The van der Waals surface area contributed by atoms with Gasteiger partial charge in [0.15, 0.2) is 0 Å². The molecule has 0 spiro atoms. The van der Waals surface area contributed by atoms with Crippen molar-refractivity contribution in [1.82, 2.24) is 20.3 Å². The number of hydrogen-bond acceptors (Lipinski definition) is 7. The molecule has 10 heteroatoms. The number of likely N-dealkylation sites (tertiary alicyclic amines) is 1. The SMILES string of the molecule is COc1ccc2ncc(Cl)c(C(F)CCC3(C(=O)NO)CCN(CCSc4ccncc4)CC3)c2c1. The number of alkyl halides is 1. The summed E-state index contributed by atoms with van der Waals surface area (Å²) in [5, 5.41) is 10.3. The number of carbonyl (C=O) groups excluding carboxylic acids is 1. The molecule has 0 saturated carbocycles. The molecule has 1 aromatic carbocycles. The van der Waals surface area contributed by atoms with Crippen molar-refractivity contribution in [3.05, 3.63) is 59.5 Å². The van der Waals surface area contributed by atoms with Crippen LogP contribution in [0.3, 0.4) is 0 Å². The zero-order valence-electron chi connectivity index (χ0n) is 20.1. The first-order chi connectivity index (χ1) is 17.5. The second kappa shape index (κ2) is 12.2. The molecule has 36 heavy (non-hydrogen) atoms. The average Bonchev–Trinajstić information content (AvgIpc) is 2.92. The number of piperidine rings is 1. The van der Waals surface area contributed by atoms with E-state index < -0.39 is 17.5 Å². The van der Waals surface area contributed by atoms with E-state index in [-0.39, 0.29) is 11.4 Å². The number of ether oxygens (including phenoxy) is 1. The average molecular weight is 533 g/mol. The Hall–Kier alpha value is -2.46. The topological polar surface area (TPSA) is 87.6 Å². The molecular formula is C26H30ClFN4O3S. The maximum absolute atomic E-state index is 15.7. The number of hydroxylamine groups is 1. The van der Waals surface area contributed by atoms with E-state index in [1.807, 2.05) is 17.6 Å². The summed E-state index contributed by atoms with van der Waals surface area (Å²) in [5.74, 6) is 1.06. The van der Waals surface area contributed by atoms with E-state index in [0.29, 0.717) is 54.6 Å². The molecule has 1 atom stereocenters. The van der Waals surface area contributed by atoms with Gasteiger partial charge in [0.05, 0.1) is 23.1 Å². The van der Waals surface area contributed by atoms with E-state index in [0.717, 1.165) is 12.3 Å². The Morgan fingerprint density at radius 3 is 2.75 bits per heavy atom. The summed E-state index contributed by atoms with van der Waals surface area (Å²) in [4.78, 5) is 24.6. The highest BCUT2D eigenvalue weighted by Gasteiger charge is 2.41. The standard InChI is InChI=1S/C26H30ClFN4O3S/c1-35-18-2-3-23-20(16-18)24(21(27)17-30-23)22(28)4-7-26(25(33)31-34)8-12-32(13-9-26)14-15-36-19-5-10-29-11-6-19/h2-3,5-6,10-11,16-17,22,34H,4,7-9,12-15H2,1H3,(H,31,33). The lowest BCUT2D eigenvalue weighted by molar-refractivity contribution is -0.143. The number of amides is 1. The predicted molar refractivity (Wildman–Crippen MR) is 139 cm³/mol. The minimum absolute atomic E-state index is 0.0986. The van der Waals surface area contributed by atoms with Gasteiger partial charge in [-0.05, 0) is 69.1 Å². The molecule has 1 aliphatic heterocycles. The summed E-state index contributed by atoms with van der Waals surface area (Å²) >= 11 is 8.14. The number of nitrogens with one attached hydrogen (secondary N) is 1. The van der Waals surface area contributed by atoms with Crippen LogP contribution in [0.4, 0.5) is 4.39 Å². The highest BCUT2D eigenvalue weighted by atomic mass is 35.5. The number of aromatic nitrogens is 2. The van der Waals surface area contributed by atoms with Gasteiger partial charge in [-0.2, -0.15) is 0 Å². The van der Waals surface area contributed by atoms with Crippen LogP contribution in [0.5, 0.6) is 5.75 Å². The second-order valence-electron chi connectivity index (χ2n) is 9.00. The maximum Gasteiger partial charge on any atom is 0.249 e. The maximum atomic E-state index is 15.7. The number of hydrogen-bond donors (Lipinski definition) is 2. The molecular weight excluding hydrogens is 503 g/mol. The van der Waals surface area contributed by atoms with Crippen LogP contribution in [0.25, 0.3) is 10.9 Å². The number of benzene rings is 1. The Morgan fingerprint density at radius 1 is 1.31 bits per heavy atom. The Balaban J connectivity index is 1.40. The van der Waals surface area contributed by atoms with Gasteiger partial charge in [-0.15, -0.1) is 11.8 Å². The van der Waals surface area contributed by atoms with Gasteiger partial charge in [0.1, 0.15) is 11.9 Å². The molecule has 2 N–H and O–H groups in total. The number of fused-ring (bicyclic) bond motifs is 1. The normalized spacial score (nSPS) is 16.6. The van der Waals surface area contributed by atoms with Crippen molar-refractivity contribution in [2.24, 2.45) is 5.41 Å². The number of nitrogens with zero attached hydrogens (tertiary/aromatic N) is 3. The molecule has 1 saturated heterocycles. The lowest BCUT2D eigenvalue weighted by Crippen LogP contribution is -2.48. The van der Waals surface area contributed by atoms with E-state index in [2.05, 4.69) is 14.9 Å². The first kappa shape index (κ1) is 26.6. The van der Waals surface area contributed by atoms with Crippen molar-refractivity contribution < 1.29 is 19.1 Å². The van der Waals surface area contributed by atoms with Gasteiger partial charge >= 0.3 is 0 Å². The molecule has 4 rings (SSSR count).